The molecule has 0 saturated carbocycles. The molecular formula is C25H26N2O6S. The van der Waals surface area contributed by atoms with Crippen molar-refractivity contribution in [3.63, 3.8) is 0 Å². The summed E-state index contributed by atoms with van der Waals surface area (Å²) in [5.74, 6) is 1.84. The first-order chi connectivity index (χ1) is 16.2. The number of ether oxygens (including phenoxy) is 3. The molecule has 8 nitrogen and oxygen atoms in total. The summed E-state index contributed by atoms with van der Waals surface area (Å²) >= 11 is 1.23. The number of furan rings is 1. The number of nitrogens with zero attached hydrogens (tertiary/aromatic N) is 2. The first-order valence-electron chi connectivity index (χ1n) is 10.8. The molecule has 1 aliphatic rings. The van der Waals surface area contributed by atoms with Crippen LogP contribution in [0.2, 0.25) is 0 Å². The van der Waals surface area contributed by atoms with Crippen molar-refractivity contribution in [1.29, 1.82) is 0 Å². The van der Waals surface area contributed by atoms with Gasteiger partial charge in [0.05, 0.1) is 36.1 Å². The number of fused-ring (bicyclic) bond motifs is 1. The number of allylic oxidation sites excluding steroid dienone is 1. The van der Waals surface area contributed by atoms with Gasteiger partial charge in [-0.15, -0.1) is 0 Å². The first-order valence-corrected chi connectivity index (χ1v) is 11.6. The molecule has 178 valence electrons. The molecule has 1 atom stereocenters. The molecule has 3 heterocycles. The topological polar surface area (TPSA) is 92.3 Å². The highest BCUT2D eigenvalue weighted by Crippen LogP contribution is 2.38. The monoisotopic (exact) mass is 482 g/mol. The van der Waals surface area contributed by atoms with Gasteiger partial charge in [-0.05, 0) is 58.0 Å². The summed E-state index contributed by atoms with van der Waals surface area (Å²) in [6, 6.07) is 8.08. The lowest BCUT2D eigenvalue weighted by Crippen LogP contribution is -2.40. The molecule has 2 aromatic heterocycles. The number of hydrogen-bond donors (Lipinski definition) is 0. The maximum Gasteiger partial charge on any atom is 0.338 e. The lowest BCUT2D eigenvalue weighted by Gasteiger charge is -2.26. The quantitative estimate of drug-likeness (QED) is 0.502. The van der Waals surface area contributed by atoms with E-state index in [-0.39, 0.29) is 17.2 Å². The number of aromatic nitrogens is 1. The van der Waals surface area contributed by atoms with E-state index in [1.54, 1.807) is 58.2 Å². The molecule has 0 saturated heterocycles. The van der Waals surface area contributed by atoms with Gasteiger partial charge in [0.25, 0.3) is 5.56 Å². The number of esters is 1. The van der Waals surface area contributed by atoms with Crippen molar-refractivity contribution in [3.8, 4) is 11.5 Å². The third-order valence-corrected chi connectivity index (χ3v) is 6.33. The molecule has 9 heteroatoms. The van der Waals surface area contributed by atoms with Crippen LogP contribution in [0, 0.1) is 6.92 Å². The fourth-order valence-corrected chi connectivity index (χ4v) is 4.89. The minimum Gasteiger partial charge on any atom is -0.497 e. The van der Waals surface area contributed by atoms with Gasteiger partial charge in [-0.2, -0.15) is 0 Å². The molecule has 3 aromatic rings. The lowest BCUT2D eigenvalue weighted by atomic mass is 9.94. The highest BCUT2D eigenvalue weighted by atomic mass is 32.1. The average molecular weight is 483 g/mol. The summed E-state index contributed by atoms with van der Waals surface area (Å²) in [4.78, 5) is 31.9. The number of benzene rings is 1. The second-order valence-corrected chi connectivity index (χ2v) is 9.10. The zero-order chi connectivity index (χ0) is 24.6. The van der Waals surface area contributed by atoms with Crippen LogP contribution in [0.15, 0.2) is 55.8 Å². The average Bonchev–Trinajstić information content (AvgIpc) is 3.34. The summed E-state index contributed by atoms with van der Waals surface area (Å²) in [5.41, 5.74) is 1.04. The van der Waals surface area contributed by atoms with Crippen LogP contribution in [0.25, 0.3) is 6.08 Å². The largest absolute Gasteiger partial charge is 0.497 e. The zero-order valence-electron chi connectivity index (χ0n) is 19.9. The minimum absolute atomic E-state index is 0.271. The van der Waals surface area contributed by atoms with E-state index in [2.05, 4.69) is 4.99 Å². The van der Waals surface area contributed by atoms with E-state index in [1.807, 2.05) is 13.0 Å². The Bertz CT molecular complexity index is 1460. The fourth-order valence-electron chi connectivity index (χ4n) is 3.87. The fraction of sp³-hybridized carbons (Fsp3) is 0.320. The Labute approximate surface area is 200 Å². The van der Waals surface area contributed by atoms with E-state index >= 15 is 0 Å². The Morgan fingerprint density at radius 1 is 1.18 bits per heavy atom. The molecular weight excluding hydrogens is 456 g/mol. The second-order valence-electron chi connectivity index (χ2n) is 8.09. The van der Waals surface area contributed by atoms with E-state index in [1.165, 1.54) is 23.0 Å². The van der Waals surface area contributed by atoms with Crippen molar-refractivity contribution in [1.82, 2.24) is 4.57 Å². The van der Waals surface area contributed by atoms with Crippen molar-refractivity contribution in [3.05, 3.63) is 78.4 Å². The van der Waals surface area contributed by atoms with Gasteiger partial charge in [0.1, 0.15) is 29.1 Å². The summed E-state index contributed by atoms with van der Waals surface area (Å²) in [6.45, 7) is 7.12. The molecule has 0 radical (unpaired) electrons. The van der Waals surface area contributed by atoms with Crippen LogP contribution in [0.4, 0.5) is 0 Å². The Kier molecular flexibility index (Phi) is 6.47. The Morgan fingerprint density at radius 3 is 2.56 bits per heavy atom. The SMILES string of the molecule is COc1ccc(OC)c(C2C(C(=O)OC(C)C)=C(C)N=c3sc(=Cc4ccc(C)o4)c(=O)n32)c1. The normalized spacial score (nSPS) is 15.9. The Balaban J connectivity index is 2.01. The van der Waals surface area contributed by atoms with Crippen molar-refractivity contribution >= 4 is 23.4 Å². The number of thiazole rings is 1. The Morgan fingerprint density at radius 2 is 1.94 bits per heavy atom. The van der Waals surface area contributed by atoms with E-state index in [0.29, 0.717) is 37.9 Å². The smallest absolute Gasteiger partial charge is 0.338 e. The van der Waals surface area contributed by atoms with Gasteiger partial charge < -0.3 is 18.6 Å². The van der Waals surface area contributed by atoms with Crippen LogP contribution in [-0.2, 0) is 9.53 Å². The van der Waals surface area contributed by atoms with E-state index < -0.39 is 12.0 Å². The first kappa shape index (κ1) is 23.6. The maximum absolute atomic E-state index is 13.7. The van der Waals surface area contributed by atoms with Crippen LogP contribution >= 0.6 is 11.3 Å². The second kappa shape index (κ2) is 9.34. The number of hydrogen-bond acceptors (Lipinski definition) is 8. The highest BCUT2D eigenvalue weighted by molar-refractivity contribution is 7.07. The molecule has 0 amide bonds. The van der Waals surface area contributed by atoms with Gasteiger partial charge in [0.2, 0.25) is 0 Å². The van der Waals surface area contributed by atoms with Crippen molar-refractivity contribution in [2.75, 3.05) is 14.2 Å². The van der Waals surface area contributed by atoms with Crippen LogP contribution in [-0.4, -0.2) is 30.9 Å². The predicted molar refractivity (Wildman–Crippen MR) is 128 cm³/mol. The predicted octanol–water partition coefficient (Wildman–Crippen LogP) is 3.11. The van der Waals surface area contributed by atoms with Gasteiger partial charge in [-0.3, -0.25) is 9.36 Å². The van der Waals surface area contributed by atoms with Gasteiger partial charge in [-0.25, -0.2) is 9.79 Å². The molecule has 1 unspecified atom stereocenters. The number of methoxy groups -OCH3 is 2. The molecule has 4 rings (SSSR count). The highest BCUT2D eigenvalue weighted by Gasteiger charge is 2.35. The number of aryl methyl sites for hydroxylation is 1. The molecule has 0 fully saturated rings. The molecule has 34 heavy (non-hydrogen) atoms. The van der Waals surface area contributed by atoms with E-state index in [4.69, 9.17) is 18.6 Å². The van der Waals surface area contributed by atoms with Crippen molar-refractivity contribution in [2.24, 2.45) is 4.99 Å². The van der Waals surface area contributed by atoms with Crippen LogP contribution in [0.3, 0.4) is 0 Å². The molecule has 1 aromatic carbocycles. The molecule has 0 bridgehead atoms. The van der Waals surface area contributed by atoms with Gasteiger partial charge in [-0.1, -0.05) is 11.3 Å². The molecule has 1 aliphatic heterocycles. The number of carbonyl (C=O) groups excluding carboxylic acids is 1. The van der Waals surface area contributed by atoms with Gasteiger partial charge >= 0.3 is 5.97 Å². The number of rotatable bonds is 6. The van der Waals surface area contributed by atoms with E-state index in [0.717, 1.165) is 5.76 Å². The van der Waals surface area contributed by atoms with Gasteiger partial charge in [0, 0.05) is 11.6 Å². The Hall–Kier alpha value is -3.59. The molecule has 0 aliphatic carbocycles. The summed E-state index contributed by atoms with van der Waals surface area (Å²) < 4.78 is 24.1. The summed E-state index contributed by atoms with van der Waals surface area (Å²) in [5, 5.41) is 0. The molecule has 0 spiro atoms. The zero-order valence-corrected chi connectivity index (χ0v) is 20.7. The summed E-state index contributed by atoms with van der Waals surface area (Å²) in [6.07, 6.45) is 1.34. The van der Waals surface area contributed by atoms with Crippen LogP contribution < -0.4 is 24.4 Å². The standard InChI is InChI=1S/C25H26N2O6S/c1-13(2)32-24(29)21-15(4)26-25-27(22(21)18-11-16(30-5)9-10-19(18)31-6)23(28)20(34-25)12-17-8-7-14(3)33-17/h7-13,22H,1-6H3. The van der Waals surface area contributed by atoms with Crippen LogP contribution in [0.1, 0.15) is 43.9 Å². The van der Waals surface area contributed by atoms with E-state index in [9.17, 15) is 9.59 Å². The van der Waals surface area contributed by atoms with Crippen LogP contribution in [0.5, 0.6) is 11.5 Å². The third-order valence-electron chi connectivity index (χ3n) is 5.35. The minimum atomic E-state index is -0.812. The maximum atomic E-state index is 13.7. The molecule has 0 N–H and O–H groups in total. The van der Waals surface area contributed by atoms with Gasteiger partial charge in [0.15, 0.2) is 4.80 Å². The summed E-state index contributed by atoms with van der Waals surface area (Å²) in [7, 11) is 3.09. The lowest BCUT2D eigenvalue weighted by molar-refractivity contribution is -0.143. The third kappa shape index (κ3) is 4.31. The van der Waals surface area contributed by atoms with Crippen molar-refractivity contribution in [2.45, 2.75) is 39.8 Å². The van der Waals surface area contributed by atoms with Crippen molar-refractivity contribution < 1.29 is 23.4 Å². The number of carbonyl (C=O) groups is 1.